The molecule has 3 aromatic rings. The minimum atomic E-state index is 1.09. The van der Waals surface area contributed by atoms with Crippen LogP contribution in [0.1, 0.15) is 10.4 Å². The Balaban J connectivity index is 2.25. The molecule has 0 spiro atoms. The van der Waals surface area contributed by atoms with E-state index in [4.69, 9.17) is 0 Å². The molecule has 3 aromatic heterocycles. The van der Waals surface area contributed by atoms with Crippen LogP contribution in [0.15, 0.2) is 28.4 Å². The van der Waals surface area contributed by atoms with Gasteiger partial charge in [0.05, 0.1) is 5.52 Å². The zero-order chi connectivity index (χ0) is 9.83. The lowest BCUT2D eigenvalue weighted by Gasteiger charge is -2.12. The molecule has 1 nitrogen and oxygen atoms in total. The van der Waals surface area contributed by atoms with Gasteiger partial charge in [-0.05, 0) is 33.5 Å². The molecule has 0 aromatic carbocycles. The van der Waals surface area contributed by atoms with Gasteiger partial charge >= 0.3 is 0 Å². The zero-order valence-corrected chi connectivity index (χ0v) is 9.49. The van der Waals surface area contributed by atoms with Crippen molar-refractivity contribution in [1.29, 1.82) is 0 Å². The van der Waals surface area contributed by atoms with Crippen LogP contribution in [0.5, 0.6) is 0 Å². The lowest BCUT2D eigenvalue weighted by molar-refractivity contribution is 1.26. The molecule has 0 radical (unpaired) electrons. The van der Waals surface area contributed by atoms with Gasteiger partial charge in [0.25, 0.3) is 0 Å². The summed E-state index contributed by atoms with van der Waals surface area (Å²) < 4.78 is 0. The highest BCUT2D eigenvalue weighted by Gasteiger charge is 2.20. The van der Waals surface area contributed by atoms with Gasteiger partial charge in [0.2, 0.25) is 0 Å². The number of fused-ring (bicyclic) bond motifs is 2. The monoisotopic (exact) mass is 229 g/mol. The molecule has 0 unspecified atom stereocenters. The van der Waals surface area contributed by atoms with E-state index >= 15 is 0 Å². The summed E-state index contributed by atoms with van der Waals surface area (Å²) in [6.07, 6.45) is 3.01. The van der Waals surface area contributed by atoms with Crippen molar-refractivity contribution >= 4 is 33.6 Å². The van der Waals surface area contributed by atoms with Crippen molar-refractivity contribution in [1.82, 2.24) is 4.98 Å². The van der Waals surface area contributed by atoms with Crippen LogP contribution in [-0.4, -0.2) is 4.98 Å². The van der Waals surface area contributed by atoms with E-state index < -0.39 is 0 Å². The van der Waals surface area contributed by atoms with Crippen molar-refractivity contribution in [2.24, 2.45) is 0 Å². The fourth-order valence-corrected chi connectivity index (χ4v) is 4.13. The van der Waals surface area contributed by atoms with Gasteiger partial charge in [-0.15, -0.1) is 11.3 Å². The number of nitrogens with zero attached hydrogens (tertiary/aromatic N) is 1. The minimum absolute atomic E-state index is 1.09. The largest absolute Gasteiger partial charge is 0.255 e. The molecule has 15 heavy (non-hydrogen) atoms. The lowest BCUT2D eigenvalue weighted by Crippen LogP contribution is -1.94. The predicted octanol–water partition coefficient (Wildman–Crippen LogP) is 3.93. The molecule has 0 bridgehead atoms. The summed E-state index contributed by atoms with van der Waals surface area (Å²) in [5.41, 5.74) is 5.42. The molecule has 0 saturated carbocycles. The molecule has 0 fully saturated rings. The summed E-state index contributed by atoms with van der Waals surface area (Å²) in [4.78, 5) is 5.89. The van der Waals surface area contributed by atoms with Gasteiger partial charge in [-0.2, -0.15) is 11.3 Å². The third kappa shape index (κ3) is 0.945. The van der Waals surface area contributed by atoms with Gasteiger partial charge in [-0.1, -0.05) is 0 Å². The first-order valence-electron chi connectivity index (χ1n) is 4.84. The van der Waals surface area contributed by atoms with Crippen LogP contribution in [0, 0.1) is 0 Å². The Kier molecular flexibility index (Phi) is 1.43. The molecule has 0 atom stereocenters. The summed E-state index contributed by atoms with van der Waals surface area (Å²) in [6.45, 7) is 0. The second-order valence-corrected chi connectivity index (χ2v) is 5.47. The molecule has 0 N–H and O–H groups in total. The van der Waals surface area contributed by atoms with E-state index in [9.17, 15) is 0 Å². The van der Waals surface area contributed by atoms with Crippen molar-refractivity contribution in [2.45, 2.75) is 6.42 Å². The van der Waals surface area contributed by atoms with Crippen LogP contribution >= 0.6 is 22.7 Å². The Morgan fingerprint density at radius 3 is 3.13 bits per heavy atom. The Morgan fingerprint density at radius 1 is 1.13 bits per heavy atom. The number of aromatic nitrogens is 1. The minimum Gasteiger partial charge on any atom is -0.255 e. The number of pyridine rings is 1. The second-order valence-electron chi connectivity index (χ2n) is 3.77. The first-order valence-corrected chi connectivity index (χ1v) is 6.66. The molecule has 3 heteroatoms. The second kappa shape index (κ2) is 2.68. The first-order chi connectivity index (χ1) is 7.43. The smallest absolute Gasteiger partial charge is 0.0818 e. The van der Waals surface area contributed by atoms with Crippen LogP contribution in [0.25, 0.3) is 22.0 Å². The van der Waals surface area contributed by atoms with Crippen LogP contribution in [0.4, 0.5) is 0 Å². The van der Waals surface area contributed by atoms with E-state index in [2.05, 4.69) is 27.2 Å². The Morgan fingerprint density at radius 2 is 2.13 bits per heavy atom. The molecule has 72 valence electrons. The SMILES string of the molecule is c1cc2c3c(scc3n1)Cc1cscc1-2. The average Bonchev–Trinajstić information content (AvgIpc) is 2.87. The van der Waals surface area contributed by atoms with E-state index in [0.29, 0.717) is 0 Å². The molecule has 0 saturated heterocycles. The maximum Gasteiger partial charge on any atom is 0.0818 e. The standard InChI is InChI=1S/C12H7NS2/c1-2-13-10-6-15-11-3-7-4-14-5-9(7)8(1)12(10)11/h1-2,4-6H,3H2. The number of thiophene rings is 2. The van der Waals surface area contributed by atoms with Gasteiger partial charge in [0.1, 0.15) is 0 Å². The van der Waals surface area contributed by atoms with Crippen LogP contribution in [0.3, 0.4) is 0 Å². The third-order valence-corrected chi connectivity index (χ3v) is 4.72. The van der Waals surface area contributed by atoms with Crippen molar-refractivity contribution in [3.8, 4) is 11.1 Å². The van der Waals surface area contributed by atoms with Crippen molar-refractivity contribution < 1.29 is 0 Å². The Hall–Kier alpha value is -1.19. The van der Waals surface area contributed by atoms with E-state index in [1.165, 1.54) is 27.0 Å². The molecule has 0 aliphatic heterocycles. The van der Waals surface area contributed by atoms with Crippen LogP contribution in [0.2, 0.25) is 0 Å². The molecule has 1 aliphatic carbocycles. The third-order valence-electron chi connectivity index (χ3n) is 2.96. The van der Waals surface area contributed by atoms with Crippen molar-refractivity contribution in [3.05, 3.63) is 38.8 Å². The molecule has 3 heterocycles. The number of hydrogen-bond acceptors (Lipinski definition) is 3. The van der Waals surface area contributed by atoms with Gasteiger partial charge in [0, 0.05) is 28.3 Å². The van der Waals surface area contributed by atoms with Crippen molar-refractivity contribution in [3.63, 3.8) is 0 Å². The summed E-state index contributed by atoms with van der Waals surface area (Å²) in [7, 11) is 0. The normalized spacial score (nSPS) is 13.1. The maximum atomic E-state index is 4.42. The lowest BCUT2D eigenvalue weighted by atomic mass is 9.93. The van der Waals surface area contributed by atoms with E-state index in [0.717, 1.165) is 11.9 Å². The van der Waals surface area contributed by atoms with E-state index in [1.54, 1.807) is 11.3 Å². The van der Waals surface area contributed by atoms with E-state index in [1.807, 2.05) is 17.5 Å². The van der Waals surface area contributed by atoms with Gasteiger partial charge in [-0.25, -0.2) is 0 Å². The molecular weight excluding hydrogens is 222 g/mol. The number of hydrogen-bond donors (Lipinski definition) is 0. The summed E-state index contributed by atoms with van der Waals surface area (Å²) >= 11 is 3.64. The van der Waals surface area contributed by atoms with Gasteiger partial charge in [-0.3, -0.25) is 4.98 Å². The topological polar surface area (TPSA) is 12.9 Å². The molecule has 1 aliphatic rings. The van der Waals surface area contributed by atoms with Crippen LogP contribution < -0.4 is 0 Å². The van der Waals surface area contributed by atoms with Gasteiger partial charge < -0.3 is 0 Å². The first kappa shape index (κ1) is 8.02. The molecule has 4 rings (SSSR count). The molecular formula is C12H7NS2. The molecule has 0 amide bonds. The Labute approximate surface area is 95.0 Å². The summed E-state index contributed by atoms with van der Waals surface area (Å²) in [5.74, 6) is 0. The Bertz CT molecular complexity index is 663. The van der Waals surface area contributed by atoms with E-state index in [-0.39, 0.29) is 0 Å². The highest BCUT2D eigenvalue weighted by atomic mass is 32.1. The zero-order valence-electron chi connectivity index (χ0n) is 7.86. The quantitative estimate of drug-likeness (QED) is 0.445. The highest BCUT2D eigenvalue weighted by molar-refractivity contribution is 7.12. The highest BCUT2D eigenvalue weighted by Crippen LogP contribution is 2.42. The van der Waals surface area contributed by atoms with Crippen LogP contribution in [-0.2, 0) is 6.42 Å². The number of rotatable bonds is 0. The maximum absolute atomic E-state index is 4.42. The van der Waals surface area contributed by atoms with Gasteiger partial charge in [0.15, 0.2) is 0 Å². The average molecular weight is 229 g/mol. The summed E-state index contributed by atoms with van der Waals surface area (Å²) in [6, 6.07) is 2.14. The van der Waals surface area contributed by atoms with Crippen molar-refractivity contribution in [2.75, 3.05) is 0 Å². The predicted molar refractivity (Wildman–Crippen MR) is 65.7 cm³/mol. The fourth-order valence-electron chi connectivity index (χ4n) is 2.27. The fraction of sp³-hybridized carbons (Fsp3) is 0.0833. The summed E-state index contributed by atoms with van der Waals surface area (Å²) in [5, 5.41) is 8.08.